The molecule has 12 heteroatoms. The predicted molar refractivity (Wildman–Crippen MR) is 141 cm³/mol. The van der Waals surface area contributed by atoms with Gasteiger partial charge in [0.2, 0.25) is 0 Å². The Kier molecular flexibility index (Phi) is 7.34. The van der Waals surface area contributed by atoms with Crippen LogP contribution in [0.2, 0.25) is 15.1 Å². The van der Waals surface area contributed by atoms with Crippen molar-refractivity contribution in [3.8, 4) is 5.75 Å². The molecule has 0 aromatic heterocycles. The van der Waals surface area contributed by atoms with E-state index in [4.69, 9.17) is 39.0 Å². The summed E-state index contributed by atoms with van der Waals surface area (Å²) in [4.78, 5) is 39.1. The lowest BCUT2D eigenvalue weighted by Crippen LogP contribution is -2.54. The van der Waals surface area contributed by atoms with Gasteiger partial charge in [-0.2, -0.15) is 8.42 Å². The van der Waals surface area contributed by atoms with Crippen molar-refractivity contribution in [1.29, 1.82) is 0 Å². The van der Waals surface area contributed by atoms with Crippen LogP contribution in [0.5, 0.6) is 5.75 Å². The maximum atomic E-state index is 13.3. The first-order chi connectivity index (χ1) is 17.4. The summed E-state index contributed by atoms with van der Waals surface area (Å²) in [7, 11) is -4.39. The number of barbiturate groups is 1. The summed E-state index contributed by atoms with van der Waals surface area (Å²) in [6.45, 7) is 3.68. The summed E-state index contributed by atoms with van der Waals surface area (Å²) in [6, 6.07) is 11.7. The number of aryl methyl sites for hydroxylation is 2. The van der Waals surface area contributed by atoms with Gasteiger partial charge in [0, 0.05) is 15.6 Å². The SMILES string of the molecule is Cc1ccc(N2C(=O)NC(=O)/C(=C\c3cc(Cl)cc(Cl)c3OS(=O)(=O)c3ccc(Cl)cc3)C2=O)cc1C. The van der Waals surface area contributed by atoms with E-state index in [1.165, 1.54) is 36.4 Å². The largest absolute Gasteiger partial charge is 0.377 e. The Bertz CT molecular complexity index is 1600. The van der Waals surface area contributed by atoms with E-state index in [0.29, 0.717) is 5.02 Å². The van der Waals surface area contributed by atoms with Crippen molar-refractivity contribution in [1.82, 2.24) is 5.32 Å². The highest BCUT2D eigenvalue weighted by Crippen LogP contribution is 2.36. The third-order valence-electron chi connectivity index (χ3n) is 5.48. The van der Waals surface area contributed by atoms with Crippen molar-refractivity contribution >= 4 is 74.5 Å². The second-order valence-electron chi connectivity index (χ2n) is 8.02. The third kappa shape index (κ3) is 5.50. The van der Waals surface area contributed by atoms with Crippen LogP contribution in [-0.2, 0) is 19.7 Å². The molecule has 0 bridgehead atoms. The van der Waals surface area contributed by atoms with Gasteiger partial charge in [0.25, 0.3) is 11.8 Å². The van der Waals surface area contributed by atoms with Crippen molar-refractivity contribution in [2.24, 2.45) is 0 Å². The molecule has 0 atom stereocenters. The first-order valence-corrected chi connectivity index (χ1v) is 13.1. The molecule has 190 valence electrons. The Morgan fingerprint density at radius 2 is 1.54 bits per heavy atom. The van der Waals surface area contributed by atoms with Crippen LogP contribution in [0.3, 0.4) is 0 Å². The average molecular weight is 580 g/mol. The monoisotopic (exact) mass is 578 g/mol. The highest BCUT2D eigenvalue weighted by molar-refractivity contribution is 7.87. The molecular weight excluding hydrogens is 563 g/mol. The first-order valence-electron chi connectivity index (χ1n) is 10.5. The zero-order valence-electron chi connectivity index (χ0n) is 19.2. The van der Waals surface area contributed by atoms with E-state index in [1.807, 2.05) is 13.8 Å². The molecule has 1 aliphatic heterocycles. The van der Waals surface area contributed by atoms with Gasteiger partial charge in [-0.3, -0.25) is 14.9 Å². The summed E-state index contributed by atoms with van der Waals surface area (Å²) in [5.74, 6) is -2.29. The lowest BCUT2D eigenvalue weighted by Gasteiger charge is -2.27. The number of imide groups is 2. The fourth-order valence-corrected chi connectivity index (χ4v) is 5.14. The van der Waals surface area contributed by atoms with Gasteiger partial charge in [0.05, 0.1) is 10.7 Å². The molecule has 3 aromatic carbocycles. The van der Waals surface area contributed by atoms with Crippen molar-refractivity contribution in [3.05, 3.63) is 91.9 Å². The van der Waals surface area contributed by atoms with Crippen molar-refractivity contribution in [2.45, 2.75) is 18.7 Å². The first kappa shape index (κ1) is 26.7. The molecule has 1 fully saturated rings. The minimum atomic E-state index is -4.39. The molecule has 1 heterocycles. The molecule has 8 nitrogen and oxygen atoms in total. The molecule has 3 aromatic rings. The summed E-state index contributed by atoms with van der Waals surface area (Å²) in [5.41, 5.74) is 1.46. The third-order valence-corrected chi connectivity index (χ3v) is 7.47. The molecule has 4 amide bonds. The van der Waals surface area contributed by atoms with Gasteiger partial charge in [-0.25, -0.2) is 9.69 Å². The van der Waals surface area contributed by atoms with Crippen LogP contribution in [0.4, 0.5) is 10.5 Å². The molecule has 4 rings (SSSR count). The lowest BCUT2D eigenvalue weighted by molar-refractivity contribution is -0.122. The number of nitrogens with one attached hydrogen (secondary N) is 1. The standard InChI is InChI=1S/C25H17Cl3N2O6S/c1-13-3-6-18(9-14(13)2)30-24(32)20(23(31)29-25(30)33)11-15-10-17(27)12-21(28)22(15)36-37(34,35)19-7-4-16(26)5-8-19/h3-12H,1-2H3,(H,29,31,33)/b20-11+. The maximum Gasteiger partial charge on any atom is 0.339 e. The summed E-state index contributed by atoms with van der Waals surface area (Å²) < 4.78 is 31.1. The number of hydrogen-bond donors (Lipinski definition) is 1. The van der Waals surface area contributed by atoms with Crippen LogP contribution in [-0.4, -0.2) is 26.3 Å². The van der Waals surface area contributed by atoms with Crippen LogP contribution < -0.4 is 14.4 Å². The Hall–Kier alpha value is -3.37. The molecule has 37 heavy (non-hydrogen) atoms. The molecule has 0 saturated carbocycles. The highest BCUT2D eigenvalue weighted by Gasteiger charge is 2.37. The van der Waals surface area contributed by atoms with Crippen LogP contribution in [0.25, 0.3) is 6.08 Å². The van der Waals surface area contributed by atoms with E-state index in [2.05, 4.69) is 5.32 Å². The molecule has 1 aliphatic rings. The smallest absolute Gasteiger partial charge is 0.339 e. The van der Waals surface area contributed by atoms with Gasteiger partial charge in [0.15, 0.2) is 5.75 Å². The zero-order valence-corrected chi connectivity index (χ0v) is 22.3. The van der Waals surface area contributed by atoms with E-state index < -0.39 is 33.5 Å². The molecule has 1 N–H and O–H groups in total. The Balaban J connectivity index is 1.79. The quantitative estimate of drug-likeness (QED) is 0.236. The topological polar surface area (TPSA) is 110 Å². The number of anilines is 1. The minimum absolute atomic E-state index is 0.0806. The van der Waals surface area contributed by atoms with Crippen molar-refractivity contribution in [2.75, 3.05) is 4.90 Å². The maximum absolute atomic E-state index is 13.3. The second kappa shape index (κ2) is 10.2. The van der Waals surface area contributed by atoms with Gasteiger partial charge in [-0.1, -0.05) is 40.9 Å². The van der Waals surface area contributed by atoms with Gasteiger partial charge in [-0.05, 0) is 79.6 Å². The number of hydrogen-bond acceptors (Lipinski definition) is 6. The summed E-state index contributed by atoms with van der Waals surface area (Å²) in [6.07, 6.45) is 1.06. The normalized spacial score (nSPS) is 15.2. The number of carbonyl (C=O) groups excluding carboxylic acids is 3. The number of halogens is 3. The predicted octanol–water partition coefficient (Wildman–Crippen LogP) is 5.70. The van der Waals surface area contributed by atoms with Crippen molar-refractivity contribution in [3.63, 3.8) is 0 Å². The fourth-order valence-electron chi connectivity index (χ4n) is 3.45. The lowest BCUT2D eigenvalue weighted by atomic mass is 10.0. The molecule has 0 aliphatic carbocycles. The van der Waals surface area contributed by atoms with E-state index in [0.717, 1.165) is 22.1 Å². The van der Waals surface area contributed by atoms with Crippen LogP contribution in [0.15, 0.2) is 65.1 Å². The Morgan fingerprint density at radius 3 is 2.19 bits per heavy atom. The number of benzene rings is 3. The Labute approximate surface area is 227 Å². The van der Waals surface area contributed by atoms with E-state index in [9.17, 15) is 22.8 Å². The van der Waals surface area contributed by atoms with Crippen LogP contribution in [0, 0.1) is 13.8 Å². The number of urea groups is 1. The van der Waals surface area contributed by atoms with Gasteiger partial charge < -0.3 is 4.18 Å². The number of amides is 4. The second-order valence-corrected chi connectivity index (χ2v) is 10.9. The van der Waals surface area contributed by atoms with Gasteiger partial charge >= 0.3 is 16.1 Å². The Morgan fingerprint density at radius 1 is 0.865 bits per heavy atom. The average Bonchev–Trinajstić information content (AvgIpc) is 2.81. The number of rotatable bonds is 5. The molecule has 0 radical (unpaired) electrons. The minimum Gasteiger partial charge on any atom is -0.377 e. The highest BCUT2D eigenvalue weighted by atomic mass is 35.5. The molecule has 0 spiro atoms. The van der Waals surface area contributed by atoms with E-state index >= 15 is 0 Å². The molecule has 1 saturated heterocycles. The molecular formula is C25H17Cl3N2O6S. The number of carbonyl (C=O) groups is 3. The fraction of sp³-hybridized carbons (Fsp3) is 0.0800. The molecule has 0 unspecified atom stereocenters. The van der Waals surface area contributed by atoms with Crippen molar-refractivity contribution < 1.29 is 27.0 Å². The van der Waals surface area contributed by atoms with Gasteiger partial charge in [-0.15, -0.1) is 0 Å². The van der Waals surface area contributed by atoms with E-state index in [1.54, 1.807) is 18.2 Å². The number of nitrogens with zero attached hydrogens (tertiary/aromatic N) is 1. The van der Waals surface area contributed by atoms with Crippen LogP contribution in [0.1, 0.15) is 16.7 Å². The van der Waals surface area contributed by atoms with E-state index in [-0.39, 0.29) is 31.9 Å². The summed E-state index contributed by atoms with van der Waals surface area (Å²) in [5, 5.41) is 2.32. The zero-order chi connectivity index (χ0) is 27.1. The van der Waals surface area contributed by atoms with Crippen LogP contribution >= 0.6 is 34.8 Å². The summed E-state index contributed by atoms with van der Waals surface area (Å²) >= 11 is 18.2. The van der Waals surface area contributed by atoms with Gasteiger partial charge in [0.1, 0.15) is 10.5 Å².